The Kier molecular flexibility index (Phi) is 2.60. The van der Waals surface area contributed by atoms with Crippen LogP contribution in [0.3, 0.4) is 0 Å². The summed E-state index contributed by atoms with van der Waals surface area (Å²) in [6.45, 7) is 1.55. The lowest BCUT2D eigenvalue weighted by atomic mass is 10.4. The van der Waals surface area contributed by atoms with E-state index >= 15 is 0 Å². The monoisotopic (exact) mass is 194 g/mol. The Bertz CT molecular complexity index is 280. The summed E-state index contributed by atoms with van der Waals surface area (Å²) in [7, 11) is 0. The Labute approximate surface area is 72.8 Å². The molecule has 0 aliphatic carbocycles. The van der Waals surface area contributed by atoms with Gasteiger partial charge in [-0.05, 0) is 13.0 Å². The van der Waals surface area contributed by atoms with E-state index in [0.717, 1.165) is 10.7 Å². The minimum Gasteiger partial charge on any atom is -0.391 e. The molecule has 0 radical (unpaired) electrons. The molecule has 0 aliphatic heterocycles. The van der Waals surface area contributed by atoms with Crippen molar-refractivity contribution >= 4 is 0 Å². The maximum absolute atomic E-state index is 12.0. The van der Waals surface area contributed by atoms with Crippen LogP contribution in [0.5, 0.6) is 0 Å². The highest BCUT2D eigenvalue weighted by Gasteiger charge is 2.33. The van der Waals surface area contributed by atoms with E-state index in [2.05, 4.69) is 5.10 Å². The molecular weight excluding hydrogens is 185 g/mol. The highest BCUT2D eigenvalue weighted by Crippen LogP contribution is 2.27. The summed E-state index contributed by atoms with van der Waals surface area (Å²) in [5.41, 5.74) is -0.937. The zero-order valence-corrected chi connectivity index (χ0v) is 6.91. The molecule has 0 aromatic carbocycles. The minimum absolute atomic E-state index is 0.0656. The quantitative estimate of drug-likeness (QED) is 0.770. The first kappa shape index (κ1) is 10.0. The molecule has 0 spiro atoms. The van der Waals surface area contributed by atoms with Crippen LogP contribution in [0.1, 0.15) is 12.6 Å². The smallest absolute Gasteiger partial charge is 0.391 e. The molecule has 1 atom stereocenters. The van der Waals surface area contributed by atoms with Gasteiger partial charge in [0.15, 0.2) is 5.69 Å². The summed E-state index contributed by atoms with van der Waals surface area (Å²) in [4.78, 5) is 0. The zero-order chi connectivity index (χ0) is 10.1. The lowest BCUT2D eigenvalue weighted by molar-refractivity contribution is -0.141. The Balaban J connectivity index is 2.75. The van der Waals surface area contributed by atoms with Gasteiger partial charge in [0.05, 0.1) is 12.6 Å². The Morgan fingerprint density at radius 2 is 2.23 bits per heavy atom. The van der Waals surface area contributed by atoms with Gasteiger partial charge in [0.1, 0.15) is 0 Å². The Morgan fingerprint density at radius 1 is 1.62 bits per heavy atom. The van der Waals surface area contributed by atoms with Crippen LogP contribution in [0.15, 0.2) is 12.3 Å². The summed E-state index contributed by atoms with van der Waals surface area (Å²) < 4.78 is 37.1. The highest BCUT2D eigenvalue weighted by atomic mass is 19.4. The molecule has 1 aromatic heterocycles. The molecule has 6 heteroatoms. The number of nitrogens with zero attached hydrogens (tertiary/aromatic N) is 2. The summed E-state index contributed by atoms with van der Waals surface area (Å²) in [6.07, 6.45) is -3.93. The molecule has 13 heavy (non-hydrogen) atoms. The van der Waals surface area contributed by atoms with Gasteiger partial charge in [-0.3, -0.25) is 4.68 Å². The van der Waals surface area contributed by atoms with Crippen molar-refractivity contribution in [2.24, 2.45) is 0 Å². The van der Waals surface area contributed by atoms with Crippen molar-refractivity contribution in [3.8, 4) is 0 Å². The zero-order valence-electron chi connectivity index (χ0n) is 6.91. The van der Waals surface area contributed by atoms with Gasteiger partial charge in [0.25, 0.3) is 0 Å². The van der Waals surface area contributed by atoms with Crippen molar-refractivity contribution < 1.29 is 18.3 Å². The Hall–Kier alpha value is -1.04. The van der Waals surface area contributed by atoms with Crippen LogP contribution >= 0.6 is 0 Å². The SMILES string of the molecule is C[C@@H](O)Cn1ccc(C(F)(F)F)n1. The lowest BCUT2D eigenvalue weighted by Crippen LogP contribution is -2.14. The van der Waals surface area contributed by atoms with E-state index in [1.165, 1.54) is 13.1 Å². The van der Waals surface area contributed by atoms with Crippen molar-refractivity contribution in [3.05, 3.63) is 18.0 Å². The predicted octanol–water partition coefficient (Wildman–Crippen LogP) is 1.28. The van der Waals surface area contributed by atoms with Crippen LogP contribution in [0.4, 0.5) is 13.2 Å². The summed E-state index contributed by atoms with van der Waals surface area (Å²) in [5, 5.41) is 12.1. The van der Waals surface area contributed by atoms with Crippen LogP contribution in [-0.4, -0.2) is 21.0 Å². The van der Waals surface area contributed by atoms with E-state index in [0.29, 0.717) is 0 Å². The van der Waals surface area contributed by atoms with Gasteiger partial charge in [-0.15, -0.1) is 0 Å². The average Bonchev–Trinajstić information content (AvgIpc) is 2.32. The second kappa shape index (κ2) is 3.37. The minimum atomic E-state index is -4.41. The number of aliphatic hydroxyl groups is 1. The molecule has 1 heterocycles. The molecule has 1 rings (SSSR count). The van der Waals surface area contributed by atoms with Crippen LogP contribution in [0, 0.1) is 0 Å². The van der Waals surface area contributed by atoms with E-state index in [9.17, 15) is 13.2 Å². The maximum atomic E-state index is 12.0. The Morgan fingerprint density at radius 3 is 2.62 bits per heavy atom. The van der Waals surface area contributed by atoms with Gasteiger partial charge in [-0.2, -0.15) is 18.3 Å². The van der Waals surface area contributed by atoms with Crippen molar-refractivity contribution in [2.45, 2.75) is 25.7 Å². The largest absolute Gasteiger partial charge is 0.435 e. The maximum Gasteiger partial charge on any atom is 0.435 e. The topological polar surface area (TPSA) is 38.0 Å². The fraction of sp³-hybridized carbons (Fsp3) is 0.571. The van der Waals surface area contributed by atoms with E-state index < -0.39 is 18.0 Å². The van der Waals surface area contributed by atoms with Gasteiger partial charge in [0.2, 0.25) is 0 Å². The van der Waals surface area contributed by atoms with Gasteiger partial charge in [-0.1, -0.05) is 0 Å². The number of halogens is 3. The highest BCUT2D eigenvalue weighted by molar-refractivity contribution is 5.03. The van der Waals surface area contributed by atoms with Gasteiger partial charge in [0, 0.05) is 6.20 Å². The third-order valence-corrected chi connectivity index (χ3v) is 1.38. The van der Waals surface area contributed by atoms with Crippen LogP contribution in [-0.2, 0) is 12.7 Å². The van der Waals surface area contributed by atoms with Crippen LogP contribution in [0.2, 0.25) is 0 Å². The number of hydrogen-bond donors (Lipinski definition) is 1. The number of alkyl halides is 3. The molecule has 1 N–H and O–H groups in total. The second-order valence-corrected chi connectivity index (χ2v) is 2.77. The normalized spacial score (nSPS) is 14.5. The summed E-state index contributed by atoms with van der Waals surface area (Å²) >= 11 is 0. The summed E-state index contributed by atoms with van der Waals surface area (Å²) in [5.74, 6) is 0. The third-order valence-electron chi connectivity index (χ3n) is 1.38. The van der Waals surface area contributed by atoms with E-state index in [1.54, 1.807) is 0 Å². The summed E-state index contributed by atoms with van der Waals surface area (Å²) in [6, 6.07) is 0.877. The van der Waals surface area contributed by atoms with E-state index in [1.807, 2.05) is 0 Å². The van der Waals surface area contributed by atoms with E-state index in [4.69, 9.17) is 5.11 Å². The average molecular weight is 194 g/mol. The first-order valence-corrected chi connectivity index (χ1v) is 3.68. The lowest BCUT2D eigenvalue weighted by Gasteiger charge is -2.04. The predicted molar refractivity (Wildman–Crippen MR) is 38.9 cm³/mol. The molecule has 3 nitrogen and oxygen atoms in total. The fourth-order valence-corrected chi connectivity index (χ4v) is 0.885. The number of rotatable bonds is 2. The van der Waals surface area contributed by atoms with Crippen molar-refractivity contribution in [1.82, 2.24) is 9.78 Å². The molecule has 0 unspecified atom stereocenters. The molecule has 74 valence electrons. The third kappa shape index (κ3) is 2.73. The number of aromatic nitrogens is 2. The second-order valence-electron chi connectivity index (χ2n) is 2.77. The molecule has 1 aromatic rings. The molecule has 0 amide bonds. The van der Waals surface area contributed by atoms with Gasteiger partial charge >= 0.3 is 6.18 Å². The fourth-order valence-electron chi connectivity index (χ4n) is 0.885. The first-order valence-electron chi connectivity index (χ1n) is 3.68. The van der Waals surface area contributed by atoms with Crippen LogP contribution in [0.25, 0.3) is 0 Å². The molecular formula is C7H9F3N2O. The molecule has 0 bridgehead atoms. The first-order chi connectivity index (χ1) is 5.89. The number of hydrogen-bond acceptors (Lipinski definition) is 2. The van der Waals surface area contributed by atoms with Crippen molar-refractivity contribution in [3.63, 3.8) is 0 Å². The molecule has 0 aliphatic rings. The van der Waals surface area contributed by atoms with E-state index in [-0.39, 0.29) is 6.54 Å². The molecule has 0 saturated heterocycles. The molecule has 0 fully saturated rings. The van der Waals surface area contributed by atoms with Crippen molar-refractivity contribution in [2.75, 3.05) is 0 Å². The standard InChI is InChI=1S/C7H9F3N2O/c1-5(13)4-12-3-2-6(11-12)7(8,9)10/h2-3,5,13H,4H2,1H3/t5-/m1/s1. The van der Waals surface area contributed by atoms with Gasteiger partial charge < -0.3 is 5.11 Å². The number of aliphatic hydroxyl groups excluding tert-OH is 1. The van der Waals surface area contributed by atoms with Crippen molar-refractivity contribution in [1.29, 1.82) is 0 Å². The van der Waals surface area contributed by atoms with Crippen LogP contribution < -0.4 is 0 Å². The molecule has 0 saturated carbocycles. The van der Waals surface area contributed by atoms with Gasteiger partial charge in [-0.25, -0.2) is 0 Å².